The first-order valence-corrected chi connectivity index (χ1v) is 7.82. The third-order valence-electron chi connectivity index (χ3n) is 4.87. The molecular formula is C17H22N2O2. The Morgan fingerprint density at radius 3 is 2.67 bits per heavy atom. The summed E-state index contributed by atoms with van der Waals surface area (Å²) in [5, 5.41) is 9.19. The van der Waals surface area contributed by atoms with E-state index in [1.54, 1.807) is 12.1 Å². The number of aryl methyl sites for hydroxylation is 1. The molecule has 0 atom stereocenters. The number of hydrogen-bond acceptors (Lipinski definition) is 2. The second-order valence-electron chi connectivity index (χ2n) is 6.12. The summed E-state index contributed by atoms with van der Waals surface area (Å²) >= 11 is 0. The van der Waals surface area contributed by atoms with Crippen LogP contribution >= 0.6 is 0 Å². The molecule has 4 heteroatoms. The number of benzene rings is 1. The molecule has 0 bridgehead atoms. The van der Waals surface area contributed by atoms with Gasteiger partial charge in [0, 0.05) is 6.04 Å². The van der Waals surface area contributed by atoms with Gasteiger partial charge in [0.2, 0.25) is 0 Å². The Kier molecular flexibility index (Phi) is 3.70. The van der Waals surface area contributed by atoms with Gasteiger partial charge in [-0.25, -0.2) is 9.78 Å². The van der Waals surface area contributed by atoms with Crippen LogP contribution in [-0.2, 0) is 0 Å². The Balaban J connectivity index is 1.99. The Morgan fingerprint density at radius 2 is 2.05 bits per heavy atom. The third-order valence-corrected chi connectivity index (χ3v) is 4.87. The summed E-state index contributed by atoms with van der Waals surface area (Å²) in [6, 6.07) is 5.68. The maximum absolute atomic E-state index is 11.2. The molecule has 1 fully saturated rings. The lowest BCUT2D eigenvalue weighted by Gasteiger charge is -2.30. The number of carbonyl (C=O) groups is 1. The highest BCUT2D eigenvalue weighted by molar-refractivity contribution is 5.92. The van der Waals surface area contributed by atoms with Gasteiger partial charge in [-0.05, 0) is 56.7 Å². The van der Waals surface area contributed by atoms with Crippen molar-refractivity contribution in [3.63, 3.8) is 0 Å². The number of fused-ring (bicyclic) bond motifs is 1. The van der Waals surface area contributed by atoms with Gasteiger partial charge in [0.15, 0.2) is 0 Å². The van der Waals surface area contributed by atoms with Crippen LogP contribution in [0.2, 0.25) is 0 Å². The van der Waals surface area contributed by atoms with Crippen molar-refractivity contribution in [2.45, 2.75) is 52.0 Å². The topological polar surface area (TPSA) is 55.1 Å². The van der Waals surface area contributed by atoms with Crippen molar-refractivity contribution in [3.05, 3.63) is 29.6 Å². The minimum Gasteiger partial charge on any atom is -0.478 e. The van der Waals surface area contributed by atoms with Gasteiger partial charge < -0.3 is 9.67 Å². The summed E-state index contributed by atoms with van der Waals surface area (Å²) in [5.41, 5.74) is 2.20. The molecule has 0 saturated heterocycles. The van der Waals surface area contributed by atoms with Crippen molar-refractivity contribution < 1.29 is 9.90 Å². The number of aromatic nitrogens is 2. The highest BCUT2D eigenvalue weighted by Crippen LogP contribution is 2.36. The van der Waals surface area contributed by atoms with E-state index in [9.17, 15) is 9.90 Å². The van der Waals surface area contributed by atoms with Gasteiger partial charge in [0.05, 0.1) is 16.6 Å². The van der Waals surface area contributed by atoms with Crippen LogP contribution in [-0.4, -0.2) is 20.6 Å². The molecule has 112 valence electrons. The van der Waals surface area contributed by atoms with Crippen molar-refractivity contribution in [2.75, 3.05) is 0 Å². The van der Waals surface area contributed by atoms with Crippen LogP contribution in [0.1, 0.15) is 61.3 Å². The molecule has 0 unspecified atom stereocenters. The molecule has 0 radical (unpaired) electrons. The fraction of sp³-hybridized carbons (Fsp3) is 0.529. The lowest BCUT2D eigenvalue weighted by Crippen LogP contribution is -2.18. The fourth-order valence-corrected chi connectivity index (χ4v) is 3.62. The predicted molar refractivity (Wildman–Crippen MR) is 82.7 cm³/mol. The minimum absolute atomic E-state index is 0.339. The predicted octanol–water partition coefficient (Wildman–Crippen LogP) is 4.18. The smallest absolute Gasteiger partial charge is 0.335 e. The van der Waals surface area contributed by atoms with Crippen LogP contribution in [0.25, 0.3) is 11.0 Å². The molecule has 3 rings (SSSR count). The SMILES string of the molecule is CCC1CCC(n2c(C)nc3ccc(C(=O)O)cc32)CC1. The van der Waals surface area contributed by atoms with Crippen LogP contribution in [0, 0.1) is 12.8 Å². The van der Waals surface area contributed by atoms with E-state index in [2.05, 4.69) is 16.5 Å². The molecule has 0 spiro atoms. The Hall–Kier alpha value is -1.84. The molecule has 1 aliphatic rings. The van der Waals surface area contributed by atoms with Gasteiger partial charge in [-0.3, -0.25) is 0 Å². The normalized spacial score (nSPS) is 22.6. The molecule has 0 amide bonds. The van der Waals surface area contributed by atoms with Gasteiger partial charge >= 0.3 is 5.97 Å². The molecule has 1 aromatic carbocycles. The molecule has 1 aliphatic carbocycles. The molecule has 1 aromatic heterocycles. The third kappa shape index (κ3) is 2.55. The number of hydrogen-bond donors (Lipinski definition) is 1. The average molecular weight is 286 g/mol. The average Bonchev–Trinajstić information content (AvgIpc) is 2.82. The molecule has 4 nitrogen and oxygen atoms in total. The largest absolute Gasteiger partial charge is 0.478 e. The van der Waals surface area contributed by atoms with Crippen LogP contribution in [0.3, 0.4) is 0 Å². The first-order chi connectivity index (χ1) is 10.1. The second-order valence-corrected chi connectivity index (χ2v) is 6.12. The molecule has 2 aromatic rings. The summed E-state index contributed by atoms with van der Waals surface area (Å²) in [5.74, 6) is 0.968. The number of rotatable bonds is 3. The van der Waals surface area contributed by atoms with Crippen LogP contribution < -0.4 is 0 Å². The number of carboxylic acid groups (broad SMARTS) is 1. The summed E-state index contributed by atoms with van der Waals surface area (Å²) in [6.45, 7) is 4.29. The zero-order valence-electron chi connectivity index (χ0n) is 12.7. The van der Waals surface area contributed by atoms with Crippen LogP contribution in [0.4, 0.5) is 0 Å². The molecule has 1 heterocycles. The molecule has 0 aliphatic heterocycles. The first kappa shape index (κ1) is 14.1. The second kappa shape index (κ2) is 5.51. The lowest BCUT2D eigenvalue weighted by molar-refractivity contribution is 0.0697. The molecular weight excluding hydrogens is 264 g/mol. The maximum Gasteiger partial charge on any atom is 0.335 e. The van der Waals surface area contributed by atoms with Crippen molar-refractivity contribution >= 4 is 17.0 Å². The maximum atomic E-state index is 11.2. The fourth-order valence-electron chi connectivity index (χ4n) is 3.62. The Morgan fingerprint density at radius 1 is 1.33 bits per heavy atom. The van der Waals surface area contributed by atoms with Gasteiger partial charge in [0.25, 0.3) is 0 Å². The monoisotopic (exact) mass is 286 g/mol. The quantitative estimate of drug-likeness (QED) is 0.920. The van der Waals surface area contributed by atoms with Gasteiger partial charge in [-0.2, -0.15) is 0 Å². The lowest BCUT2D eigenvalue weighted by atomic mass is 9.84. The van der Waals surface area contributed by atoms with E-state index in [1.807, 2.05) is 13.0 Å². The van der Waals surface area contributed by atoms with Crippen molar-refractivity contribution in [2.24, 2.45) is 5.92 Å². The van der Waals surface area contributed by atoms with E-state index < -0.39 is 5.97 Å². The van der Waals surface area contributed by atoms with Crippen LogP contribution in [0.15, 0.2) is 18.2 Å². The molecule has 21 heavy (non-hydrogen) atoms. The number of nitrogens with zero attached hydrogens (tertiary/aromatic N) is 2. The molecule has 1 N–H and O–H groups in total. The summed E-state index contributed by atoms with van der Waals surface area (Å²) < 4.78 is 2.26. The minimum atomic E-state index is -0.878. The Labute approximate surface area is 124 Å². The standard InChI is InChI=1S/C17H22N2O2/c1-3-12-4-7-14(8-5-12)19-11(2)18-15-9-6-13(17(20)21)10-16(15)19/h6,9-10,12,14H,3-5,7-8H2,1-2H3,(H,20,21). The van der Waals surface area contributed by atoms with E-state index in [-0.39, 0.29) is 0 Å². The summed E-state index contributed by atoms with van der Waals surface area (Å²) in [6.07, 6.45) is 6.13. The summed E-state index contributed by atoms with van der Waals surface area (Å²) in [4.78, 5) is 15.8. The highest BCUT2D eigenvalue weighted by atomic mass is 16.4. The van der Waals surface area contributed by atoms with E-state index in [0.29, 0.717) is 11.6 Å². The van der Waals surface area contributed by atoms with Gasteiger partial charge in [0.1, 0.15) is 5.82 Å². The van der Waals surface area contributed by atoms with Gasteiger partial charge in [-0.15, -0.1) is 0 Å². The van der Waals surface area contributed by atoms with Crippen molar-refractivity contribution in [1.29, 1.82) is 0 Å². The van der Waals surface area contributed by atoms with E-state index in [1.165, 1.54) is 32.1 Å². The number of carboxylic acids is 1. The van der Waals surface area contributed by atoms with Crippen LogP contribution in [0.5, 0.6) is 0 Å². The zero-order chi connectivity index (χ0) is 15.0. The van der Waals surface area contributed by atoms with E-state index in [0.717, 1.165) is 22.8 Å². The number of imidazole rings is 1. The zero-order valence-corrected chi connectivity index (χ0v) is 12.7. The van der Waals surface area contributed by atoms with Gasteiger partial charge in [-0.1, -0.05) is 13.3 Å². The highest BCUT2D eigenvalue weighted by Gasteiger charge is 2.24. The summed E-state index contributed by atoms with van der Waals surface area (Å²) in [7, 11) is 0. The van der Waals surface area contributed by atoms with E-state index in [4.69, 9.17) is 0 Å². The number of aromatic carboxylic acids is 1. The van der Waals surface area contributed by atoms with E-state index >= 15 is 0 Å². The van der Waals surface area contributed by atoms with Crippen molar-refractivity contribution in [1.82, 2.24) is 9.55 Å². The molecule has 1 saturated carbocycles. The first-order valence-electron chi connectivity index (χ1n) is 7.82. The van der Waals surface area contributed by atoms with Crippen molar-refractivity contribution in [3.8, 4) is 0 Å². The Bertz CT molecular complexity index is 667.